The van der Waals surface area contributed by atoms with Crippen molar-refractivity contribution in [3.8, 4) is 0 Å². The fraction of sp³-hybridized carbons (Fsp3) is 0.625. The van der Waals surface area contributed by atoms with Crippen LogP contribution >= 0.6 is 11.3 Å². The molecule has 2 heterocycles. The van der Waals surface area contributed by atoms with Crippen LogP contribution in [-0.2, 0) is 19.6 Å². The Morgan fingerprint density at radius 2 is 1.72 bits per heavy atom. The van der Waals surface area contributed by atoms with E-state index in [4.69, 9.17) is 0 Å². The number of nitrogens with zero attached hydrogens (tertiary/aromatic N) is 2. The first-order valence-corrected chi connectivity index (χ1v) is 10.8. The van der Waals surface area contributed by atoms with Crippen molar-refractivity contribution in [1.82, 2.24) is 9.21 Å². The quantitative estimate of drug-likeness (QED) is 0.846. The number of piperazine rings is 1. The van der Waals surface area contributed by atoms with Gasteiger partial charge in [-0.15, -0.1) is 11.3 Å². The zero-order chi connectivity index (χ0) is 18.0. The molecule has 138 valence electrons. The van der Waals surface area contributed by atoms with Gasteiger partial charge in [0.25, 0.3) is 10.0 Å². The standard InChI is InChI=1S/C16H22N2O5S2/c19-15(12-4-1-2-5-13(12)16(20)21)17-7-9-18(10-8-17)25(22,23)14-6-3-11-24-14/h3,6,11-13H,1-2,4-5,7-10H2,(H,20,21). The number of aliphatic carboxylic acids is 1. The van der Waals surface area contributed by atoms with E-state index < -0.39 is 27.8 Å². The van der Waals surface area contributed by atoms with Crippen molar-refractivity contribution in [2.45, 2.75) is 29.9 Å². The second kappa shape index (κ2) is 7.43. The van der Waals surface area contributed by atoms with Crippen LogP contribution in [0.25, 0.3) is 0 Å². The Kier molecular flexibility index (Phi) is 5.45. The van der Waals surface area contributed by atoms with Gasteiger partial charge in [-0.2, -0.15) is 4.31 Å². The molecule has 1 amide bonds. The zero-order valence-corrected chi connectivity index (χ0v) is 15.5. The third kappa shape index (κ3) is 3.73. The number of thiophene rings is 1. The molecule has 2 fully saturated rings. The summed E-state index contributed by atoms with van der Waals surface area (Å²) in [5, 5.41) is 11.1. The lowest BCUT2D eigenvalue weighted by Crippen LogP contribution is -2.53. The maximum atomic E-state index is 12.7. The molecule has 0 bridgehead atoms. The predicted octanol–water partition coefficient (Wildman–Crippen LogP) is 1.47. The largest absolute Gasteiger partial charge is 0.481 e. The van der Waals surface area contributed by atoms with E-state index in [1.165, 1.54) is 15.6 Å². The fourth-order valence-corrected chi connectivity index (χ4v) is 6.21. The van der Waals surface area contributed by atoms with Crippen molar-refractivity contribution in [3.63, 3.8) is 0 Å². The number of carbonyl (C=O) groups excluding carboxylic acids is 1. The van der Waals surface area contributed by atoms with Crippen LogP contribution in [0.15, 0.2) is 21.7 Å². The van der Waals surface area contributed by atoms with E-state index in [9.17, 15) is 23.1 Å². The molecule has 9 heteroatoms. The summed E-state index contributed by atoms with van der Waals surface area (Å²) < 4.78 is 26.8. The first-order valence-electron chi connectivity index (χ1n) is 8.46. The van der Waals surface area contributed by atoms with Crippen LogP contribution in [0.3, 0.4) is 0 Å². The molecule has 3 rings (SSSR count). The van der Waals surface area contributed by atoms with Crippen LogP contribution in [0.5, 0.6) is 0 Å². The number of carbonyl (C=O) groups is 2. The molecule has 1 aliphatic carbocycles. The van der Waals surface area contributed by atoms with E-state index >= 15 is 0 Å². The lowest BCUT2D eigenvalue weighted by atomic mass is 9.78. The summed E-state index contributed by atoms with van der Waals surface area (Å²) >= 11 is 1.18. The van der Waals surface area contributed by atoms with E-state index in [0.717, 1.165) is 12.8 Å². The number of amides is 1. The second-order valence-electron chi connectivity index (χ2n) is 6.50. The van der Waals surface area contributed by atoms with Gasteiger partial charge in [-0.05, 0) is 24.3 Å². The van der Waals surface area contributed by atoms with Crippen LogP contribution in [0.4, 0.5) is 0 Å². The van der Waals surface area contributed by atoms with E-state index in [2.05, 4.69) is 0 Å². The van der Waals surface area contributed by atoms with Crippen molar-refractivity contribution in [2.75, 3.05) is 26.2 Å². The number of carboxylic acids is 1. The maximum Gasteiger partial charge on any atom is 0.307 e. The minimum Gasteiger partial charge on any atom is -0.481 e. The van der Waals surface area contributed by atoms with Gasteiger partial charge >= 0.3 is 5.97 Å². The topological polar surface area (TPSA) is 95.0 Å². The van der Waals surface area contributed by atoms with E-state index in [-0.39, 0.29) is 19.0 Å². The Balaban J connectivity index is 1.64. The molecule has 1 aliphatic heterocycles. The first kappa shape index (κ1) is 18.3. The first-order chi connectivity index (χ1) is 11.9. The van der Waals surface area contributed by atoms with Crippen molar-refractivity contribution >= 4 is 33.2 Å². The highest BCUT2D eigenvalue weighted by Crippen LogP contribution is 2.32. The molecule has 0 aromatic carbocycles. The number of sulfonamides is 1. The smallest absolute Gasteiger partial charge is 0.307 e. The maximum absolute atomic E-state index is 12.7. The van der Waals surface area contributed by atoms with Gasteiger partial charge in [-0.25, -0.2) is 8.42 Å². The highest BCUT2D eigenvalue weighted by Gasteiger charge is 2.39. The summed E-state index contributed by atoms with van der Waals surface area (Å²) in [7, 11) is -3.50. The number of hydrogen-bond donors (Lipinski definition) is 1. The third-order valence-corrected chi connectivity index (χ3v) is 8.31. The molecule has 2 aliphatic rings. The molecule has 1 aromatic rings. The molecule has 1 aromatic heterocycles. The predicted molar refractivity (Wildman–Crippen MR) is 92.7 cm³/mol. The highest BCUT2D eigenvalue weighted by atomic mass is 32.2. The molecule has 1 N–H and O–H groups in total. The van der Waals surface area contributed by atoms with Crippen LogP contribution in [0, 0.1) is 11.8 Å². The van der Waals surface area contributed by atoms with Crippen LogP contribution in [-0.4, -0.2) is 60.8 Å². The van der Waals surface area contributed by atoms with Gasteiger partial charge in [0, 0.05) is 26.2 Å². The summed E-state index contributed by atoms with van der Waals surface area (Å²) in [6, 6.07) is 3.28. The SMILES string of the molecule is O=C(O)C1CCCCC1C(=O)N1CCN(S(=O)(=O)c2cccs2)CC1. The zero-order valence-electron chi connectivity index (χ0n) is 13.8. The Morgan fingerprint density at radius 1 is 1.08 bits per heavy atom. The molecular formula is C16H22N2O5S2. The van der Waals surface area contributed by atoms with Crippen LogP contribution < -0.4 is 0 Å². The molecule has 7 nitrogen and oxygen atoms in total. The normalized spacial score (nSPS) is 25.7. The van der Waals surface area contributed by atoms with Gasteiger partial charge in [0.1, 0.15) is 4.21 Å². The number of rotatable bonds is 4. The van der Waals surface area contributed by atoms with E-state index in [1.807, 2.05) is 0 Å². The van der Waals surface area contributed by atoms with Crippen LogP contribution in [0.2, 0.25) is 0 Å². The van der Waals surface area contributed by atoms with Gasteiger partial charge < -0.3 is 10.0 Å². The molecule has 1 saturated heterocycles. The van der Waals surface area contributed by atoms with Gasteiger partial charge in [0.05, 0.1) is 11.8 Å². The molecule has 2 unspecified atom stereocenters. The molecule has 2 atom stereocenters. The monoisotopic (exact) mass is 386 g/mol. The fourth-order valence-electron chi connectivity index (χ4n) is 3.64. The van der Waals surface area contributed by atoms with Gasteiger partial charge in [0.15, 0.2) is 0 Å². The highest BCUT2D eigenvalue weighted by molar-refractivity contribution is 7.91. The average molecular weight is 386 g/mol. The molecule has 1 saturated carbocycles. The minimum absolute atomic E-state index is 0.139. The van der Waals surface area contributed by atoms with Crippen molar-refractivity contribution in [3.05, 3.63) is 17.5 Å². The van der Waals surface area contributed by atoms with Gasteiger partial charge in [-0.3, -0.25) is 9.59 Å². The summed E-state index contributed by atoms with van der Waals surface area (Å²) in [5.74, 6) is -2.14. The molecule has 0 radical (unpaired) electrons. The van der Waals surface area contributed by atoms with Crippen LogP contribution in [0.1, 0.15) is 25.7 Å². The number of hydrogen-bond acceptors (Lipinski definition) is 5. The number of carboxylic acid groups (broad SMARTS) is 1. The van der Waals surface area contributed by atoms with Crippen molar-refractivity contribution in [1.29, 1.82) is 0 Å². The minimum atomic E-state index is -3.50. The Hall–Kier alpha value is -1.45. The Morgan fingerprint density at radius 3 is 2.28 bits per heavy atom. The van der Waals surface area contributed by atoms with Crippen molar-refractivity contribution < 1.29 is 23.1 Å². The summed E-state index contributed by atoms with van der Waals surface area (Å²) in [5.41, 5.74) is 0. The third-order valence-electron chi connectivity index (χ3n) is 5.04. The summed E-state index contributed by atoms with van der Waals surface area (Å²) in [6.07, 6.45) is 2.85. The summed E-state index contributed by atoms with van der Waals surface area (Å²) in [6.45, 7) is 1.12. The Labute approximate surface area is 151 Å². The molecular weight excluding hydrogens is 364 g/mol. The summed E-state index contributed by atoms with van der Waals surface area (Å²) in [4.78, 5) is 25.8. The molecule has 0 spiro atoms. The second-order valence-corrected chi connectivity index (χ2v) is 9.61. The molecule has 25 heavy (non-hydrogen) atoms. The van der Waals surface area contributed by atoms with E-state index in [0.29, 0.717) is 30.1 Å². The van der Waals surface area contributed by atoms with Gasteiger partial charge in [0.2, 0.25) is 5.91 Å². The van der Waals surface area contributed by atoms with Crippen molar-refractivity contribution in [2.24, 2.45) is 11.8 Å². The lowest BCUT2D eigenvalue weighted by Gasteiger charge is -2.37. The average Bonchev–Trinajstić information content (AvgIpc) is 3.16. The lowest BCUT2D eigenvalue weighted by molar-refractivity contribution is -0.152. The Bertz CT molecular complexity index is 724. The van der Waals surface area contributed by atoms with Gasteiger partial charge in [-0.1, -0.05) is 18.9 Å². The van der Waals surface area contributed by atoms with E-state index in [1.54, 1.807) is 22.4 Å².